The fourth-order valence-electron chi connectivity index (χ4n) is 2.76. The predicted molar refractivity (Wildman–Crippen MR) is 82.9 cm³/mol. The van der Waals surface area contributed by atoms with E-state index in [0.29, 0.717) is 23.6 Å². The summed E-state index contributed by atoms with van der Waals surface area (Å²) in [7, 11) is 0. The van der Waals surface area contributed by atoms with Gasteiger partial charge in [-0.05, 0) is 36.5 Å². The number of amides is 1. The molecule has 3 unspecified atom stereocenters. The normalized spacial score (nSPS) is 26.2. The van der Waals surface area contributed by atoms with Gasteiger partial charge in [0.15, 0.2) is 0 Å². The molecule has 0 heterocycles. The molecule has 4 heteroatoms. The standard InChI is InChI=1S/C16H23NO2S/c1-11-5-3-8-15(12(11)2)17-16(19)10-20-14-7-4-6-13(18)9-14/h4,6-7,9,11-12,15,18H,3,5,8,10H2,1-2H3,(H,17,19). The second-order valence-electron chi connectivity index (χ2n) is 5.73. The Hall–Kier alpha value is -1.16. The van der Waals surface area contributed by atoms with Crippen LogP contribution in [0.4, 0.5) is 0 Å². The molecule has 1 aliphatic rings. The van der Waals surface area contributed by atoms with Crippen molar-refractivity contribution < 1.29 is 9.90 Å². The molecule has 0 aromatic heterocycles. The molecule has 3 atom stereocenters. The Morgan fingerprint density at radius 2 is 2.20 bits per heavy atom. The van der Waals surface area contributed by atoms with Crippen molar-refractivity contribution in [3.8, 4) is 5.75 Å². The minimum absolute atomic E-state index is 0.0873. The van der Waals surface area contributed by atoms with Gasteiger partial charge in [-0.2, -0.15) is 0 Å². The van der Waals surface area contributed by atoms with Gasteiger partial charge in [0.2, 0.25) is 5.91 Å². The molecule has 2 N–H and O–H groups in total. The summed E-state index contributed by atoms with van der Waals surface area (Å²) in [5.41, 5.74) is 0. The summed E-state index contributed by atoms with van der Waals surface area (Å²) in [6.07, 6.45) is 3.57. The Kier molecular flexibility index (Phi) is 5.35. The zero-order chi connectivity index (χ0) is 14.5. The van der Waals surface area contributed by atoms with Crippen molar-refractivity contribution in [2.45, 2.75) is 44.0 Å². The lowest BCUT2D eigenvalue weighted by Gasteiger charge is -2.34. The highest BCUT2D eigenvalue weighted by Gasteiger charge is 2.27. The van der Waals surface area contributed by atoms with E-state index in [1.165, 1.54) is 24.6 Å². The number of benzene rings is 1. The van der Waals surface area contributed by atoms with Crippen LogP contribution in [-0.2, 0) is 4.79 Å². The third kappa shape index (κ3) is 4.17. The zero-order valence-corrected chi connectivity index (χ0v) is 13.0. The lowest BCUT2D eigenvalue weighted by atomic mass is 9.78. The highest BCUT2D eigenvalue weighted by molar-refractivity contribution is 8.00. The number of phenolic OH excluding ortho intramolecular Hbond substituents is 1. The first kappa shape index (κ1) is 15.2. The second-order valence-corrected chi connectivity index (χ2v) is 6.78. The van der Waals surface area contributed by atoms with Crippen molar-refractivity contribution in [2.24, 2.45) is 11.8 Å². The van der Waals surface area contributed by atoms with Gasteiger partial charge in [0.1, 0.15) is 5.75 Å². The van der Waals surface area contributed by atoms with Gasteiger partial charge in [0.25, 0.3) is 0 Å². The van der Waals surface area contributed by atoms with Crippen LogP contribution >= 0.6 is 11.8 Å². The summed E-state index contributed by atoms with van der Waals surface area (Å²) in [6.45, 7) is 4.50. The first-order valence-corrected chi connectivity index (χ1v) is 8.26. The van der Waals surface area contributed by atoms with Gasteiger partial charge < -0.3 is 10.4 Å². The number of aromatic hydroxyl groups is 1. The molecule has 1 aliphatic carbocycles. The highest BCUT2D eigenvalue weighted by Crippen LogP contribution is 2.29. The minimum Gasteiger partial charge on any atom is -0.508 e. The molecule has 0 radical (unpaired) electrons. The van der Waals surface area contributed by atoms with Crippen LogP contribution < -0.4 is 5.32 Å². The van der Waals surface area contributed by atoms with Gasteiger partial charge in [-0.25, -0.2) is 0 Å². The number of thioether (sulfide) groups is 1. The maximum Gasteiger partial charge on any atom is 0.230 e. The highest BCUT2D eigenvalue weighted by atomic mass is 32.2. The number of hydrogen-bond acceptors (Lipinski definition) is 3. The van der Waals surface area contributed by atoms with Crippen LogP contribution in [-0.4, -0.2) is 22.8 Å². The molecular weight excluding hydrogens is 270 g/mol. The molecular formula is C16H23NO2S. The number of carbonyl (C=O) groups excluding carboxylic acids is 1. The van der Waals surface area contributed by atoms with Crippen LogP contribution in [0.1, 0.15) is 33.1 Å². The van der Waals surface area contributed by atoms with Crippen LogP contribution in [0.3, 0.4) is 0 Å². The topological polar surface area (TPSA) is 49.3 Å². The van der Waals surface area contributed by atoms with Crippen LogP contribution in [0.2, 0.25) is 0 Å². The maximum atomic E-state index is 12.0. The molecule has 20 heavy (non-hydrogen) atoms. The summed E-state index contributed by atoms with van der Waals surface area (Å²) >= 11 is 1.46. The Balaban J connectivity index is 1.80. The lowest BCUT2D eigenvalue weighted by molar-refractivity contribution is -0.119. The molecule has 0 spiro atoms. The third-order valence-corrected chi connectivity index (χ3v) is 5.23. The van der Waals surface area contributed by atoms with Crippen molar-refractivity contribution in [1.29, 1.82) is 0 Å². The molecule has 2 rings (SSSR count). The van der Waals surface area contributed by atoms with E-state index in [1.54, 1.807) is 18.2 Å². The summed E-state index contributed by atoms with van der Waals surface area (Å²) < 4.78 is 0. The lowest BCUT2D eigenvalue weighted by Crippen LogP contribution is -2.44. The van der Waals surface area contributed by atoms with Gasteiger partial charge in [0, 0.05) is 10.9 Å². The van der Waals surface area contributed by atoms with Crippen molar-refractivity contribution in [2.75, 3.05) is 5.75 Å². The molecule has 1 saturated carbocycles. The molecule has 1 aromatic carbocycles. The average molecular weight is 293 g/mol. The van der Waals surface area contributed by atoms with E-state index in [0.717, 1.165) is 11.3 Å². The Morgan fingerprint density at radius 3 is 2.95 bits per heavy atom. The van der Waals surface area contributed by atoms with Gasteiger partial charge in [-0.1, -0.05) is 32.8 Å². The summed E-state index contributed by atoms with van der Waals surface area (Å²) in [5.74, 6) is 1.97. The number of hydrogen-bond donors (Lipinski definition) is 2. The first-order valence-electron chi connectivity index (χ1n) is 7.27. The van der Waals surface area contributed by atoms with E-state index in [2.05, 4.69) is 19.2 Å². The van der Waals surface area contributed by atoms with E-state index in [1.807, 2.05) is 6.07 Å². The van der Waals surface area contributed by atoms with Gasteiger partial charge in [-0.3, -0.25) is 4.79 Å². The fraction of sp³-hybridized carbons (Fsp3) is 0.562. The summed E-state index contributed by atoms with van der Waals surface area (Å²) in [4.78, 5) is 12.9. The second kappa shape index (κ2) is 7.02. The first-order chi connectivity index (χ1) is 9.56. The SMILES string of the molecule is CC1CCCC(NC(=O)CSc2cccc(O)c2)C1C. The molecule has 1 amide bonds. The Labute approximate surface area is 125 Å². The fourth-order valence-corrected chi connectivity index (χ4v) is 3.52. The smallest absolute Gasteiger partial charge is 0.230 e. The van der Waals surface area contributed by atoms with Gasteiger partial charge in [-0.15, -0.1) is 11.8 Å². The number of carbonyl (C=O) groups is 1. The molecule has 110 valence electrons. The van der Waals surface area contributed by atoms with Crippen LogP contribution in [0.5, 0.6) is 5.75 Å². The molecule has 1 aromatic rings. The quantitative estimate of drug-likeness (QED) is 0.836. The monoisotopic (exact) mass is 293 g/mol. The zero-order valence-electron chi connectivity index (χ0n) is 12.1. The van der Waals surface area contributed by atoms with Crippen molar-refractivity contribution >= 4 is 17.7 Å². The summed E-state index contributed by atoms with van der Waals surface area (Å²) in [6, 6.07) is 7.33. The van der Waals surface area contributed by atoms with Crippen molar-refractivity contribution in [3.05, 3.63) is 24.3 Å². The molecule has 1 fully saturated rings. The van der Waals surface area contributed by atoms with Gasteiger partial charge >= 0.3 is 0 Å². The predicted octanol–water partition coefficient (Wildman–Crippen LogP) is 3.43. The van der Waals surface area contributed by atoms with E-state index < -0.39 is 0 Å². The summed E-state index contributed by atoms with van der Waals surface area (Å²) in [5, 5.41) is 12.6. The maximum absolute atomic E-state index is 12.0. The van der Waals surface area contributed by atoms with Crippen LogP contribution in [0, 0.1) is 11.8 Å². The molecule has 3 nitrogen and oxygen atoms in total. The average Bonchev–Trinajstić information content (AvgIpc) is 2.42. The molecule has 0 bridgehead atoms. The van der Waals surface area contributed by atoms with Crippen molar-refractivity contribution in [3.63, 3.8) is 0 Å². The number of nitrogens with one attached hydrogen (secondary N) is 1. The Morgan fingerprint density at radius 1 is 1.40 bits per heavy atom. The van der Waals surface area contributed by atoms with Gasteiger partial charge in [0.05, 0.1) is 5.75 Å². The van der Waals surface area contributed by atoms with E-state index in [9.17, 15) is 9.90 Å². The van der Waals surface area contributed by atoms with E-state index in [-0.39, 0.29) is 11.7 Å². The van der Waals surface area contributed by atoms with Crippen LogP contribution in [0.15, 0.2) is 29.2 Å². The molecule has 0 saturated heterocycles. The largest absolute Gasteiger partial charge is 0.508 e. The number of rotatable bonds is 4. The minimum atomic E-state index is 0.0873. The molecule has 0 aliphatic heterocycles. The van der Waals surface area contributed by atoms with Crippen molar-refractivity contribution in [1.82, 2.24) is 5.32 Å². The Bertz CT molecular complexity index is 464. The third-order valence-electron chi connectivity index (χ3n) is 4.24. The van der Waals surface area contributed by atoms with Crippen LogP contribution in [0.25, 0.3) is 0 Å². The van der Waals surface area contributed by atoms with E-state index in [4.69, 9.17) is 0 Å². The number of phenols is 1. The van der Waals surface area contributed by atoms with E-state index >= 15 is 0 Å².